The Hall–Kier alpha value is -1.97. The lowest BCUT2D eigenvalue weighted by Gasteiger charge is -1.83. The second-order valence-corrected chi connectivity index (χ2v) is 2.70. The second-order valence-electron chi connectivity index (χ2n) is 2.70. The zero-order valence-electron chi connectivity index (χ0n) is 6.64. The van der Waals surface area contributed by atoms with Gasteiger partial charge in [0.25, 0.3) is 0 Å². The Morgan fingerprint density at radius 3 is 2.92 bits per heavy atom. The van der Waals surface area contributed by atoms with Crippen molar-refractivity contribution >= 4 is 22.2 Å². The van der Waals surface area contributed by atoms with Crippen molar-refractivity contribution in [1.82, 2.24) is 15.2 Å². The van der Waals surface area contributed by atoms with Gasteiger partial charge in [0.15, 0.2) is 16.7 Å². The van der Waals surface area contributed by atoms with E-state index in [4.69, 9.17) is 4.42 Å². The Morgan fingerprint density at radius 1 is 1.00 bits per heavy atom. The molecule has 0 bridgehead atoms. The predicted molar refractivity (Wildman–Crippen MR) is 47.1 cm³/mol. The van der Waals surface area contributed by atoms with E-state index in [1.54, 1.807) is 18.5 Å². The maximum atomic E-state index is 5.49. The van der Waals surface area contributed by atoms with Crippen LogP contribution in [0, 0.1) is 0 Å². The highest BCUT2D eigenvalue weighted by atomic mass is 16.3. The summed E-state index contributed by atoms with van der Waals surface area (Å²) < 4.78 is 5.49. The number of furan rings is 1. The number of hydrogen-bond donors (Lipinski definition) is 0. The Kier molecular flexibility index (Phi) is 1.14. The molecule has 3 heterocycles. The van der Waals surface area contributed by atoms with E-state index >= 15 is 0 Å². The van der Waals surface area contributed by atoms with Gasteiger partial charge in [-0.05, 0) is 12.1 Å². The quantitative estimate of drug-likeness (QED) is 0.517. The van der Waals surface area contributed by atoms with Crippen molar-refractivity contribution in [3.8, 4) is 0 Å². The monoisotopic (exact) mass is 171 g/mol. The molecule has 0 aliphatic rings. The molecule has 4 heteroatoms. The van der Waals surface area contributed by atoms with E-state index in [0.717, 1.165) is 22.2 Å². The van der Waals surface area contributed by atoms with Crippen LogP contribution in [0.3, 0.4) is 0 Å². The summed E-state index contributed by atoms with van der Waals surface area (Å²) in [4.78, 5) is 4.17. The van der Waals surface area contributed by atoms with Crippen molar-refractivity contribution in [1.29, 1.82) is 0 Å². The van der Waals surface area contributed by atoms with Gasteiger partial charge in [0, 0.05) is 12.3 Å². The molecule has 3 rings (SSSR count). The van der Waals surface area contributed by atoms with Crippen LogP contribution in [0.5, 0.6) is 0 Å². The minimum atomic E-state index is 0.720. The molecule has 0 fully saturated rings. The normalized spacial score (nSPS) is 11.1. The Bertz CT molecular complexity index is 523. The topological polar surface area (TPSA) is 51.8 Å². The summed E-state index contributed by atoms with van der Waals surface area (Å²) in [6.45, 7) is 0. The van der Waals surface area contributed by atoms with Crippen molar-refractivity contribution in [3.05, 3.63) is 30.6 Å². The molecule has 0 spiro atoms. The van der Waals surface area contributed by atoms with Crippen LogP contribution < -0.4 is 0 Å². The van der Waals surface area contributed by atoms with Crippen LogP contribution in [0.1, 0.15) is 0 Å². The zero-order chi connectivity index (χ0) is 8.67. The third kappa shape index (κ3) is 0.823. The van der Waals surface area contributed by atoms with Crippen LogP contribution >= 0.6 is 0 Å². The highest BCUT2D eigenvalue weighted by Crippen LogP contribution is 2.23. The van der Waals surface area contributed by atoms with E-state index in [9.17, 15) is 0 Å². The van der Waals surface area contributed by atoms with Crippen LogP contribution in [0.25, 0.3) is 22.2 Å². The van der Waals surface area contributed by atoms with Gasteiger partial charge in [0.1, 0.15) is 5.52 Å². The molecule has 3 aromatic heterocycles. The molecule has 0 unspecified atom stereocenters. The number of hydrogen-bond acceptors (Lipinski definition) is 4. The summed E-state index contributed by atoms with van der Waals surface area (Å²) in [5.74, 6) is 0. The number of rotatable bonds is 0. The standard InChI is InChI=1S/C9H5N3O/c1-2-6-8(10-4-1)9-7(13-6)3-5-11-12-9/h1-5H. The van der Waals surface area contributed by atoms with E-state index in [2.05, 4.69) is 15.2 Å². The van der Waals surface area contributed by atoms with Gasteiger partial charge in [-0.1, -0.05) is 0 Å². The summed E-state index contributed by atoms with van der Waals surface area (Å²) in [5.41, 5.74) is 2.96. The van der Waals surface area contributed by atoms with Gasteiger partial charge in [0.05, 0.1) is 6.20 Å². The molecule has 62 valence electrons. The highest BCUT2D eigenvalue weighted by molar-refractivity contribution is 5.98. The van der Waals surface area contributed by atoms with Crippen molar-refractivity contribution in [2.75, 3.05) is 0 Å². The average Bonchev–Trinajstić information content (AvgIpc) is 2.56. The van der Waals surface area contributed by atoms with Crippen LogP contribution in [-0.2, 0) is 0 Å². The molecule has 13 heavy (non-hydrogen) atoms. The molecule has 0 atom stereocenters. The fourth-order valence-corrected chi connectivity index (χ4v) is 1.34. The van der Waals surface area contributed by atoms with E-state index in [1.807, 2.05) is 12.1 Å². The summed E-state index contributed by atoms with van der Waals surface area (Å²) in [6.07, 6.45) is 3.32. The van der Waals surface area contributed by atoms with E-state index in [-0.39, 0.29) is 0 Å². The number of nitrogens with zero attached hydrogens (tertiary/aromatic N) is 3. The second kappa shape index (κ2) is 2.26. The molecule has 0 amide bonds. The Labute approximate surface area is 73.2 Å². The fourth-order valence-electron chi connectivity index (χ4n) is 1.34. The van der Waals surface area contributed by atoms with Crippen molar-refractivity contribution in [2.45, 2.75) is 0 Å². The molecule has 3 aromatic rings. The molecule has 0 aromatic carbocycles. The van der Waals surface area contributed by atoms with Gasteiger partial charge < -0.3 is 4.42 Å². The first-order valence-electron chi connectivity index (χ1n) is 3.90. The number of fused-ring (bicyclic) bond motifs is 3. The maximum absolute atomic E-state index is 5.49. The van der Waals surface area contributed by atoms with E-state index in [1.165, 1.54) is 0 Å². The molecule has 0 aliphatic heterocycles. The molecule has 0 saturated carbocycles. The smallest absolute Gasteiger partial charge is 0.159 e. The van der Waals surface area contributed by atoms with Gasteiger partial charge in [-0.25, -0.2) is 0 Å². The first-order chi connectivity index (χ1) is 6.45. The average molecular weight is 171 g/mol. The molecular weight excluding hydrogens is 166 g/mol. The molecule has 0 saturated heterocycles. The summed E-state index contributed by atoms with van der Waals surface area (Å²) in [7, 11) is 0. The first-order valence-corrected chi connectivity index (χ1v) is 3.90. The van der Waals surface area contributed by atoms with Gasteiger partial charge >= 0.3 is 0 Å². The van der Waals surface area contributed by atoms with Crippen molar-refractivity contribution in [2.24, 2.45) is 0 Å². The van der Waals surface area contributed by atoms with Gasteiger partial charge in [-0.3, -0.25) is 4.98 Å². The summed E-state index contributed by atoms with van der Waals surface area (Å²) in [5, 5.41) is 7.75. The zero-order valence-corrected chi connectivity index (χ0v) is 6.64. The predicted octanol–water partition coefficient (Wildman–Crippen LogP) is 1.77. The van der Waals surface area contributed by atoms with Gasteiger partial charge in [-0.15, -0.1) is 5.10 Å². The molecule has 0 radical (unpaired) electrons. The molecule has 0 aliphatic carbocycles. The van der Waals surface area contributed by atoms with Gasteiger partial charge in [0.2, 0.25) is 0 Å². The summed E-state index contributed by atoms with van der Waals surface area (Å²) in [6, 6.07) is 5.48. The van der Waals surface area contributed by atoms with E-state index in [0.29, 0.717) is 0 Å². The molecule has 0 N–H and O–H groups in total. The van der Waals surface area contributed by atoms with E-state index < -0.39 is 0 Å². The van der Waals surface area contributed by atoms with Crippen LogP contribution in [0.15, 0.2) is 35.0 Å². The van der Waals surface area contributed by atoms with Gasteiger partial charge in [-0.2, -0.15) is 5.10 Å². The lowest BCUT2D eigenvalue weighted by molar-refractivity contribution is 0.666. The van der Waals surface area contributed by atoms with Crippen LogP contribution in [0.4, 0.5) is 0 Å². The molecular formula is C9H5N3O. The summed E-state index contributed by atoms with van der Waals surface area (Å²) >= 11 is 0. The number of pyridine rings is 1. The largest absolute Gasteiger partial charge is 0.453 e. The maximum Gasteiger partial charge on any atom is 0.159 e. The highest BCUT2D eigenvalue weighted by Gasteiger charge is 2.07. The molecule has 4 nitrogen and oxygen atoms in total. The SMILES string of the molecule is c1cnc2c(c1)oc1ccnnc12. The van der Waals surface area contributed by atoms with Crippen molar-refractivity contribution < 1.29 is 4.42 Å². The lowest BCUT2D eigenvalue weighted by Crippen LogP contribution is -1.79. The minimum absolute atomic E-state index is 0.720. The van der Waals surface area contributed by atoms with Crippen LogP contribution in [0.2, 0.25) is 0 Å². The van der Waals surface area contributed by atoms with Crippen LogP contribution in [-0.4, -0.2) is 15.2 Å². The first kappa shape index (κ1) is 6.54. The Morgan fingerprint density at radius 2 is 1.92 bits per heavy atom. The minimum Gasteiger partial charge on any atom is -0.453 e. The number of aromatic nitrogens is 3. The third-order valence-electron chi connectivity index (χ3n) is 1.90. The van der Waals surface area contributed by atoms with Crippen molar-refractivity contribution in [3.63, 3.8) is 0 Å². The fraction of sp³-hybridized carbons (Fsp3) is 0. The third-order valence-corrected chi connectivity index (χ3v) is 1.90. The lowest BCUT2D eigenvalue weighted by atomic mass is 10.3. The Balaban J connectivity index is 2.64.